The first kappa shape index (κ1) is 19.5. The molecule has 0 radical (unpaired) electrons. The van der Waals surface area contributed by atoms with Gasteiger partial charge in [-0.3, -0.25) is 10.1 Å². The van der Waals surface area contributed by atoms with Gasteiger partial charge >= 0.3 is 27.3 Å². The average Bonchev–Trinajstić information content (AvgIpc) is 2.45. The molecule has 24 heavy (non-hydrogen) atoms. The van der Waals surface area contributed by atoms with Gasteiger partial charge in [-0.1, -0.05) is 11.6 Å². The molecule has 0 saturated heterocycles. The van der Waals surface area contributed by atoms with Gasteiger partial charge in [-0.15, -0.1) is 0 Å². The van der Waals surface area contributed by atoms with Crippen LogP contribution in [0.2, 0.25) is 5.02 Å². The highest BCUT2D eigenvalue weighted by Gasteiger charge is 2.50. The van der Waals surface area contributed by atoms with Crippen molar-refractivity contribution < 1.29 is 40.2 Å². The Hall–Kier alpha value is -2.59. The maximum atomic E-state index is 12.4. The topological polar surface area (TPSA) is 137 Å². The number of esters is 1. The van der Waals surface area contributed by atoms with Gasteiger partial charge in [0.25, 0.3) is 0 Å². The lowest BCUT2D eigenvalue weighted by Gasteiger charge is -2.13. The number of carbonyl (C=O) groups excluding carboxylic acids is 1. The van der Waals surface area contributed by atoms with Gasteiger partial charge in [-0.05, 0) is 6.07 Å². The van der Waals surface area contributed by atoms with Crippen molar-refractivity contribution in [1.29, 1.82) is 5.26 Å². The van der Waals surface area contributed by atoms with Crippen LogP contribution in [0.25, 0.3) is 0 Å². The van der Waals surface area contributed by atoms with Crippen LogP contribution in [0, 0.1) is 21.4 Å². The van der Waals surface area contributed by atoms with Crippen molar-refractivity contribution in [3.05, 3.63) is 32.3 Å². The fourth-order valence-corrected chi connectivity index (χ4v) is 2.13. The number of nitro benzene ring substituents is 1. The second-order valence-corrected chi connectivity index (χ2v) is 5.75. The van der Waals surface area contributed by atoms with Gasteiger partial charge in [0.15, 0.2) is 5.56 Å². The monoisotopic (exact) mass is 388 g/mol. The van der Waals surface area contributed by atoms with Crippen molar-refractivity contribution in [1.82, 2.24) is 0 Å². The number of carbonyl (C=O) groups is 1. The molecule has 0 aliphatic carbocycles. The number of rotatable bonds is 4. The number of nitriles is 1. The third-order valence-electron chi connectivity index (χ3n) is 2.38. The predicted molar refractivity (Wildman–Crippen MR) is 69.8 cm³/mol. The number of nitrogens with zero attached hydrogens (tertiary/aromatic N) is 2. The van der Waals surface area contributed by atoms with Crippen LogP contribution in [0.3, 0.4) is 0 Å². The van der Waals surface area contributed by atoms with Crippen molar-refractivity contribution in [2.24, 2.45) is 0 Å². The standard InChI is InChI=1S/C10H4ClF3N2O7S/c1-22-9(17)4-2-6(11)5(3-15)7(16(18)19)8(4)23-24(20,21)10(12,13)14/h2H,1H3. The highest BCUT2D eigenvalue weighted by molar-refractivity contribution is 7.88. The molecule has 0 aromatic heterocycles. The molecule has 0 heterocycles. The van der Waals surface area contributed by atoms with Crippen LogP contribution >= 0.6 is 11.6 Å². The van der Waals surface area contributed by atoms with Gasteiger partial charge in [-0.2, -0.15) is 26.9 Å². The van der Waals surface area contributed by atoms with Gasteiger partial charge in [0.2, 0.25) is 5.75 Å². The minimum atomic E-state index is -6.37. The number of nitro groups is 1. The summed E-state index contributed by atoms with van der Waals surface area (Å²) in [6.07, 6.45) is 0. The van der Waals surface area contributed by atoms with Gasteiger partial charge in [0, 0.05) is 0 Å². The largest absolute Gasteiger partial charge is 0.534 e. The van der Waals surface area contributed by atoms with Crippen LogP contribution in [0.15, 0.2) is 6.07 Å². The highest BCUT2D eigenvalue weighted by Crippen LogP contribution is 2.41. The summed E-state index contributed by atoms with van der Waals surface area (Å²) in [5.41, 5.74) is -9.55. The molecule has 1 aromatic rings. The second-order valence-electron chi connectivity index (χ2n) is 3.80. The van der Waals surface area contributed by atoms with Crippen LogP contribution in [0.5, 0.6) is 5.75 Å². The maximum absolute atomic E-state index is 12.4. The number of methoxy groups -OCH3 is 1. The lowest BCUT2D eigenvalue weighted by Crippen LogP contribution is -2.29. The molecule has 14 heteroatoms. The molecule has 0 aliphatic rings. The molecule has 0 atom stereocenters. The molecule has 1 aromatic carbocycles. The van der Waals surface area contributed by atoms with E-state index in [1.54, 1.807) is 0 Å². The average molecular weight is 389 g/mol. The normalized spacial score (nSPS) is 11.5. The Labute approximate surface area is 136 Å². The minimum absolute atomic E-state index is 0.514. The Bertz CT molecular complexity index is 861. The SMILES string of the molecule is COC(=O)c1cc(Cl)c(C#N)c([N+](=O)[O-])c1OS(=O)(=O)C(F)(F)F. The molecule has 0 unspecified atom stereocenters. The number of ether oxygens (including phenoxy) is 1. The molecular weight excluding hydrogens is 385 g/mol. The molecule has 0 amide bonds. The van der Waals surface area contributed by atoms with Crippen LogP contribution < -0.4 is 4.18 Å². The number of hydrogen-bond acceptors (Lipinski definition) is 8. The van der Waals surface area contributed by atoms with Crippen LogP contribution in [-0.4, -0.2) is 31.9 Å². The smallest absolute Gasteiger partial charge is 0.465 e. The number of halogens is 4. The zero-order valence-corrected chi connectivity index (χ0v) is 12.8. The number of benzene rings is 1. The van der Waals surface area contributed by atoms with E-state index >= 15 is 0 Å². The zero-order valence-electron chi connectivity index (χ0n) is 11.2. The molecule has 0 fully saturated rings. The summed E-state index contributed by atoms with van der Waals surface area (Å²) in [6.45, 7) is 0. The van der Waals surface area contributed by atoms with Crippen LogP contribution in [0.4, 0.5) is 18.9 Å². The van der Waals surface area contributed by atoms with E-state index in [-0.39, 0.29) is 0 Å². The summed E-state index contributed by atoms with van der Waals surface area (Å²) in [5, 5.41) is 19.2. The third-order valence-corrected chi connectivity index (χ3v) is 3.63. The van der Waals surface area contributed by atoms with E-state index in [9.17, 15) is 36.5 Å². The Kier molecular flexibility index (Phi) is 5.26. The molecule has 9 nitrogen and oxygen atoms in total. The summed E-state index contributed by atoms with van der Waals surface area (Å²) in [4.78, 5) is 21.2. The van der Waals surface area contributed by atoms with Crippen molar-refractivity contribution in [3.8, 4) is 11.8 Å². The first-order valence-electron chi connectivity index (χ1n) is 5.37. The Morgan fingerprint density at radius 3 is 2.38 bits per heavy atom. The van der Waals surface area contributed by atoms with E-state index in [0.29, 0.717) is 6.07 Å². The van der Waals surface area contributed by atoms with Crippen molar-refractivity contribution in [3.63, 3.8) is 0 Å². The van der Waals surface area contributed by atoms with Gasteiger partial charge < -0.3 is 8.92 Å². The van der Waals surface area contributed by atoms with E-state index < -0.39 is 54.1 Å². The van der Waals surface area contributed by atoms with E-state index in [4.69, 9.17) is 16.9 Å². The first-order valence-corrected chi connectivity index (χ1v) is 7.16. The van der Waals surface area contributed by atoms with Crippen LogP contribution in [-0.2, 0) is 14.9 Å². The first-order chi connectivity index (χ1) is 10.9. The van der Waals surface area contributed by atoms with Gasteiger partial charge in [0.1, 0.15) is 11.6 Å². The molecule has 1 rings (SSSR count). The van der Waals surface area contributed by atoms with Crippen molar-refractivity contribution in [2.45, 2.75) is 5.51 Å². The minimum Gasteiger partial charge on any atom is -0.465 e. The van der Waals surface area contributed by atoms with Crippen LogP contribution in [0.1, 0.15) is 15.9 Å². The Morgan fingerprint density at radius 1 is 1.46 bits per heavy atom. The van der Waals surface area contributed by atoms with Gasteiger partial charge in [0.05, 0.1) is 17.1 Å². The second kappa shape index (κ2) is 6.49. The fraction of sp³-hybridized carbons (Fsp3) is 0.200. The lowest BCUT2D eigenvalue weighted by molar-refractivity contribution is -0.385. The van der Waals surface area contributed by atoms with E-state index in [0.717, 1.165) is 7.11 Å². The molecule has 0 N–H and O–H groups in total. The molecule has 0 saturated carbocycles. The van der Waals surface area contributed by atoms with E-state index in [1.165, 1.54) is 6.07 Å². The molecule has 0 aliphatic heterocycles. The Morgan fingerprint density at radius 2 is 2.00 bits per heavy atom. The number of hydrogen-bond donors (Lipinski definition) is 0. The molecule has 130 valence electrons. The summed E-state index contributed by atoms with van der Waals surface area (Å²) < 4.78 is 67.4. The lowest BCUT2D eigenvalue weighted by atomic mass is 10.1. The van der Waals surface area contributed by atoms with Gasteiger partial charge in [-0.25, -0.2) is 4.79 Å². The van der Waals surface area contributed by atoms with E-state index in [2.05, 4.69) is 8.92 Å². The predicted octanol–water partition coefficient (Wildman–Crippen LogP) is 2.13. The summed E-state index contributed by atoms with van der Waals surface area (Å²) in [7, 11) is -5.61. The third kappa shape index (κ3) is 3.49. The fourth-order valence-electron chi connectivity index (χ4n) is 1.40. The molecular formula is C10H4ClF3N2O7S. The highest BCUT2D eigenvalue weighted by atomic mass is 35.5. The molecule has 0 bridgehead atoms. The Balaban J connectivity index is 3.88. The zero-order chi connectivity index (χ0) is 18.9. The maximum Gasteiger partial charge on any atom is 0.534 e. The van der Waals surface area contributed by atoms with Crippen molar-refractivity contribution in [2.75, 3.05) is 7.11 Å². The van der Waals surface area contributed by atoms with E-state index in [1.807, 2.05) is 0 Å². The number of alkyl halides is 3. The summed E-state index contributed by atoms with van der Waals surface area (Å²) in [5.74, 6) is -3.11. The quantitative estimate of drug-likeness (QED) is 0.251. The summed E-state index contributed by atoms with van der Waals surface area (Å²) >= 11 is 5.55. The molecule has 0 spiro atoms. The summed E-state index contributed by atoms with van der Waals surface area (Å²) in [6, 6.07) is 1.73. The van der Waals surface area contributed by atoms with Crippen molar-refractivity contribution >= 4 is 33.4 Å².